The summed E-state index contributed by atoms with van der Waals surface area (Å²) in [7, 11) is 0. The lowest BCUT2D eigenvalue weighted by Gasteiger charge is -2.15. The average Bonchev–Trinajstić information content (AvgIpc) is 3.44. The van der Waals surface area contributed by atoms with Crippen LogP contribution in [0.3, 0.4) is 0 Å². The number of Topliss-reactive ketones (excluding diaryl/α,β-unsaturated/α-hetero) is 1. The van der Waals surface area contributed by atoms with Crippen LogP contribution in [0.1, 0.15) is 36.0 Å². The van der Waals surface area contributed by atoms with Gasteiger partial charge in [-0.3, -0.25) is 14.2 Å². The SMILES string of the molecule is O=C(CSc1n[nH]c(=O)n1C[C@H]1CCCO1)c1ccc(N2CCCC2=O)cc1. The van der Waals surface area contributed by atoms with Gasteiger partial charge in [-0.2, -0.15) is 0 Å². The lowest BCUT2D eigenvalue weighted by Crippen LogP contribution is -2.25. The van der Waals surface area contributed by atoms with E-state index in [1.165, 1.54) is 16.3 Å². The number of benzene rings is 1. The van der Waals surface area contributed by atoms with Crippen molar-refractivity contribution in [3.05, 3.63) is 40.3 Å². The van der Waals surface area contributed by atoms with Crippen LogP contribution in [-0.2, 0) is 16.1 Å². The van der Waals surface area contributed by atoms with E-state index in [0.717, 1.165) is 38.1 Å². The van der Waals surface area contributed by atoms with Gasteiger partial charge in [-0.15, -0.1) is 5.10 Å². The second-order valence-electron chi connectivity index (χ2n) is 6.96. The summed E-state index contributed by atoms with van der Waals surface area (Å²) in [5, 5.41) is 6.98. The first-order valence-electron chi connectivity index (χ1n) is 9.45. The van der Waals surface area contributed by atoms with Crippen molar-refractivity contribution in [2.75, 3.05) is 23.8 Å². The van der Waals surface area contributed by atoms with Crippen molar-refractivity contribution in [2.24, 2.45) is 0 Å². The number of aromatic nitrogens is 3. The third-order valence-corrected chi connectivity index (χ3v) is 6.02. The summed E-state index contributed by atoms with van der Waals surface area (Å²) in [6.07, 6.45) is 3.39. The molecule has 0 radical (unpaired) electrons. The van der Waals surface area contributed by atoms with Crippen molar-refractivity contribution in [1.82, 2.24) is 14.8 Å². The molecule has 1 atom stereocenters. The number of ketones is 1. The summed E-state index contributed by atoms with van der Waals surface area (Å²) >= 11 is 1.24. The zero-order chi connectivity index (χ0) is 19.5. The van der Waals surface area contributed by atoms with E-state index in [9.17, 15) is 14.4 Å². The number of ether oxygens (including phenoxy) is 1. The molecule has 148 valence electrons. The van der Waals surface area contributed by atoms with Gasteiger partial charge in [0.2, 0.25) is 5.91 Å². The molecule has 2 aliphatic heterocycles. The molecular formula is C19H22N4O4S. The zero-order valence-electron chi connectivity index (χ0n) is 15.4. The van der Waals surface area contributed by atoms with Crippen molar-refractivity contribution in [1.29, 1.82) is 0 Å². The summed E-state index contributed by atoms with van der Waals surface area (Å²) in [4.78, 5) is 38.1. The maximum Gasteiger partial charge on any atom is 0.344 e. The Morgan fingerprint density at radius 2 is 2.07 bits per heavy atom. The number of hydrogen-bond acceptors (Lipinski definition) is 6. The minimum Gasteiger partial charge on any atom is -0.376 e. The van der Waals surface area contributed by atoms with Crippen LogP contribution in [0.25, 0.3) is 0 Å². The second-order valence-corrected chi connectivity index (χ2v) is 7.91. The van der Waals surface area contributed by atoms with Crippen LogP contribution in [0.4, 0.5) is 5.69 Å². The molecular weight excluding hydrogens is 380 g/mol. The Balaban J connectivity index is 1.38. The molecule has 1 N–H and O–H groups in total. The van der Waals surface area contributed by atoms with E-state index in [-0.39, 0.29) is 29.2 Å². The van der Waals surface area contributed by atoms with E-state index in [1.54, 1.807) is 17.0 Å². The molecule has 0 spiro atoms. The number of thioether (sulfide) groups is 1. The minimum absolute atomic E-state index is 0.0196. The molecule has 0 bridgehead atoms. The Labute approximate surface area is 166 Å². The Morgan fingerprint density at radius 1 is 1.25 bits per heavy atom. The monoisotopic (exact) mass is 402 g/mol. The van der Waals surface area contributed by atoms with Crippen molar-refractivity contribution < 1.29 is 14.3 Å². The number of amides is 1. The second kappa shape index (κ2) is 8.32. The number of nitrogens with zero attached hydrogens (tertiary/aromatic N) is 3. The van der Waals surface area contributed by atoms with Crippen molar-refractivity contribution in [3.63, 3.8) is 0 Å². The first kappa shape index (κ1) is 18.9. The smallest absolute Gasteiger partial charge is 0.344 e. The van der Waals surface area contributed by atoms with Gasteiger partial charge in [0, 0.05) is 30.8 Å². The highest BCUT2D eigenvalue weighted by atomic mass is 32.2. The van der Waals surface area contributed by atoms with E-state index in [1.807, 2.05) is 12.1 Å². The molecule has 2 aliphatic rings. The van der Waals surface area contributed by atoms with E-state index >= 15 is 0 Å². The third kappa shape index (κ3) is 4.05. The quantitative estimate of drug-likeness (QED) is 0.561. The van der Waals surface area contributed by atoms with Gasteiger partial charge in [0.1, 0.15) is 0 Å². The Morgan fingerprint density at radius 3 is 2.75 bits per heavy atom. The molecule has 9 heteroatoms. The molecule has 0 aliphatic carbocycles. The Kier molecular flexibility index (Phi) is 5.63. The largest absolute Gasteiger partial charge is 0.376 e. The molecule has 8 nitrogen and oxygen atoms in total. The maximum absolute atomic E-state index is 12.5. The van der Waals surface area contributed by atoms with Crippen LogP contribution in [-0.4, -0.2) is 51.5 Å². The minimum atomic E-state index is -0.287. The van der Waals surface area contributed by atoms with Gasteiger partial charge in [-0.05, 0) is 43.5 Å². The van der Waals surface area contributed by atoms with Crippen LogP contribution < -0.4 is 10.6 Å². The van der Waals surface area contributed by atoms with Gasteiger partial charge in [0.15, 0.2) is 10.9 Å². The van der Waals surface area contributed by atoms with Crippen LogP contribution in [0.2, 0.25) is 0 Å². The maximum atomic E-state index is 12.5. The van der Waals surface area contributed by atoms with Crippen molar-refractivity contribution in [3.8, 4) is 0 Å². The van der Waals surface area contributed by atoms with Gasteiger partial charge in [0.05, 0.1) is 18.4 Å². The third-order valence-electron chi connectivity index (χ3n) is 5.04. The van der Waals surface area contributed by atoms with Crippen molar-refractivity contribution >= 4 is 29.1 Å². The molecule has 3 heterocycles. The number of carbonyl (C=O) groups is 2. The van der Waals surface area contributed by atoms with E-state index in [0.29, 0.717) is 23.7 Å². The van der Waals surface area contributed by atoms with Gasteiger partial charge in [-0.1, -0.05) is 11.8 Å². The number of rotatable bonds is 7. The van der Waals surface area contributed by atoms with E-state index in [2.05, 4.69) is 10.2 Å². The van der Waals surface area contributed by atoms with Crippen LogP contribution in [0.5, 0.6) is 0 Å². The normalized spacial score (nSPS) is 19.5. The number of aromatic amines is 1. The number of nitrogens with one attached hydrogen (secondary N) is 1. The molecule has 1 aromatic carbocycles. The van der Waals surface area contributed by atoms with E-state index in [4.69, 9.17) is 4.74 Å². The molecule has 2 fully saturated rings. The highest BCUT2D eigenvalue weighted by Gasteiger charge is 2.22. The lowest BCUT2D eigenvalue weighted by molar-refractivity contribution is -0.117. The molecule has 0 saturated carbocycles. The fourth-order valence-corrected chi connectivity index (χ4v) is 4.38. The van der Waals surface area contributed by atoms with Gasteiger partial charge in [0.25, 0.3) is 0 Å². The molecule has 2 aromatic rings. The Bertz CT molecular complexity index is 915. The number of carbonyl (C=O) groups excluding carboxylic acids is 2. The topological polar surface area (TPSA) is 97.3 Å². The van der Waals surface area contributed by atoms with Crippen LogP contribution in [0.15, 0.2) is 34.2 Å². The van der Waals surface area contributed by atoms with Crippen LogP contribution in [0, 0.1) is 0 Å². The molecule has 0 unspecified atom stereocenters. The Hall–Kier alpha value is -2.39. The summed E-state index contributed by atoms with van der Waals surface area (Å²) in [5.74, 6) is 0.249. The predicted molar refractivity (Wildman–Crippen MR) is 105 cm³/mol. The van der Waals surface area contributed by atoms with Gasteiger partial charge >= 0.3 is 5.69 Å². The molecule has 1 amide bonds. The lowest BCUT2D eigenvalue weighted by atomic mass is 10.1. The highest BCUT2D eigenvalue weighted by Crippen LogP contribution is 2.23. The summed E-state index contributed by atoms with van der Waals surface area (Å²) in [6, 6.07) is 7.10. The molecule has 1 aromatic heterocycles. The first-order chi connectivity index (χ1) is 13.6. The van der Waals surface area contributed by atoms with E-state index < -0.39 is 0 Å². The fourth-order valence-electron chi connectivity index (χ4n) is 3.53. The number of anilines is 1. The van der Waals surface area contributed by atoms with Crippen molar-refractivity contribution in [2.45, 2.75) is 43.5 Å². The standard InChI is InChI=1S/C19H22N4O4S/c24-16(13-5-7-14(8-6-13)22-9-1-4-17(22)25)12-28-19-21-20-18(26)23(19)11-15-3-2-10-27-15/h5-8,15H,1-4,9-12H2,(H,20,26)/t15-/m1/s1. The van der Waals surface area contributed by atoms with Crippen LogP contribution >= 0.6 is 11.8 Å². The molecule has 28 heavy (non-hydrogen) atoms. The summed E-state index contributed by atoms with van der Waals surface area (Å²) < 4.78 is 7.12. The fraction of sp³-hybridized carbons (Fsp3) is 0.474. The molecule has 2 saturated heterocycles. The molecule has 4 rings (SSSR count). The highest BCUT2D eigenvalue weighted by molar-refractivity contribution is 7.99. The zero-order valence-corrected chi connectivity index (χ0v) is 16.2. The summed E-state index contributed by atoms with van der Waals surface area (Å²) in [6.45, 7) is 1.89. The predicted octanol–water partition coefficient (Wildman–Crippen LogP) is 1.85. The average molecular weight is 402 g/mol. The number of H-pyrrole nitrogens is 1. The van der Waals surface area contributed by atoms with Gasteiger partial charge in [-0.25, -0.2) is 9.89 Å². The van der Waals surface area contributed by atoms with Gasteiger partial charge < -0.3 is 9.64 Å². The first-order valence-corrected chi connectivity index (χ1v) is 10.4. The number of hydrogen-bond donors (Lipinski definition) is 1. The summed E-state index contributed by atoms with van der Waals surface area (Å²) in [5.41, 5.74) is 1.11.